The molecule has 114 valence electrons. The van der Waals surface area contributed by atoms with Crippen LogP contribution >= 0.6 is 0 Å². The van der Waals surface area contributed by atoms with Crippen LogP contribution in [0.25, 0.3) is 0 Å². The summed E-state index contributed by atoms with van der Waals surface area (Å²) >= 11 is 0. The average Bonchev–Trinajstić information content (AvgIpc) is 2.56. The van der Waals surface area contributed by atoms with Gasteiger partial charge in [0.1, 0.15) is 6.61 Å². The fraction of sp³-hybridized carbons (Fsp3) is 0.611. The predicted octanol–water partition coefficient (Wildman–Crippen LogP) is 3.50. The van der Waals surface area contributed by atoms with Crippen LogP contribution in [0.15, 0.2) is 30.3 Å². The van der Waals surface area contributed by atoms with Gasteiger partial charge in [0.15, 0.2) is 0 Å². The molecule has 3 nitrogen and oxygen atoms in total. The van der Waals surface area contributed by atoms with Crippen LogP contribution in [0.3, 0.4) is 0 Å². The van der Waals surface area contributed by atoms with Crippen LogP contribution in [0, 0.1) is 5.92 Å². The van der Waals surface area contributed by atoms with Crippen molar-refractivity contribution in [3.05, 3.63) is 35.9 Å². The number of hydrogen-bond donors (Lipinski definition) is 0. The molecule has 0 radical (unpaired) electrons. The highest BCUT2D eigenvalue weighted by Crippen LogP contribution is 2.34. The molecule has 0 N–H and O–H groups in total. The van der Waals surface area contributed by atoms with Crippen LogP contribution in [0.2, 0.25) is 0 Å². The van der Waals surface area contributed by atoms with Crippen LogP contribution in [0.5, 0.6) is 0 Å². The molecule has 1 aromatic carbocycles. The van der Waals surface area contributed by atoms with Gasteiger partial charge in [-0.05, 0) is 50.3 Å². The molecule has 3 heteroatoms. The molecular weight excluding hydrogens is 262 g/mol. The largest absolute Gasteiger partial charge is 0.461 e. The lowest BCUT2D eigenvalue weighted by Gasteiger charge is -2.44. The normalized spacial score (nSPS) is 26.1. The third kappa shape index (κ3) is 3.65. The number of nitrogens with zero attached hydrogens (tertiary/aromatic N) is 1. The predicted molar refractivity (Wildman–Crippen MR) is 83.3 cm³/mol. The first-order valence-corrected chi connectivity index (χ1v) is 8.31. The number of rotatable bonds is 4. The molecule has 0 bridgehead atoms. The molecule has 2 aliphatic rings. The van der Waals surface area contributed by atoms with Gasteiger partial charge in [-0.2, -0.15) is 0 Å². The lowest BCUT2D eigenvalue weighted by molar-refractivity contribution is 0.0248. The minimum Gasteiger partial charge on any atom is -0.461 e. The highest BCUT2D eigenvalue weighted by molar-refractivity contribution is 5.89. The van der Waals surface area contributed by atoms with Crippen molar-refractivity contribution < 1.29 is 9.53 Å². The van der Waals surface area contributed by atoms with Crippen molar-refractivity contribution in [2.24, 2.45) is 5.92 Å². The number of piperidine rings is 1. The number of fused-ring (bicyclic) bond motifs is 1. The Morgan fingerprint density at radius 1 is 1.10 bits per heavy atom. The van der Waals surface area contributed by atoms with Gasteiger partial charge in [0.05, 0.1) is 5.56 Å². The monoisotopic (exact) mass is 287 g/mol. The lowest BCUT2D eigenvalue weighted by Crippen LogP contribution is -2.48. The van der Waals surface area contributed by atoms with Gasteiger partial charge in [0.25, 0.3) is 0 Å². The summed E-state index contributed by atoms with van der Waals surface area (Å²) in [4.78, 5) is 14.5. The smallest absolute Gasteiger partial charge is 0.338 e. The molecule has 1 saturated heterocycles. The van der Waals surface area contributed by atoms with E-state index in [0.29, 0.717) is 12.2 Å². The minimum atomic E-state index is -0.201. The molecule has 1 aromatic rings. The van der Waals surface area contributed by atoms with Crippen molar-refractivity contribution in [3.8, 4) is 0 Å². The van der Waals surface area contributed by atoms with E-state index in [-0.39, 0.29) is 5.97 Å². The molecule has 1 aliphatic carbocycles. The molecular formula is C18H25NO2. The van der Waals surface area contributed by atoms with E-state index in [1.54, 1.807) is 12.1 Å². The zero-order valence-electron chi connectivity index (χ0n) is 12.7. The number of likely N-dealkylation sites (tertiary alicyclic amines) is 1. The molecule has 1 aliphatic heterocycles. The number of hydrogen-bond acceptors (Lipinski definition) is 3. The lowest BCUT2D eigenvalue weighted by atomic mass is 9.78. The van der Waals surface area contributed by atoms with Crippen molar-refractivity contribution in [1.29, 1.82) is 0 Å². The Labute approximate surface area is 127 Å². The van der Waals surface area contributed by atoms with Crippen molar-refractivity contribution >= 4 is 5.97 Å². The minimum absolute atomic E-state index is 0.201. The van der Waals surface area contributed by atoms with Crippen molar-refractivity contribution in [2.45, 2.75) is 44.6 Å². The van der Waals surface area contributed by atoms with E-state index in [0.717, 1.165) is 18.5 Å². The third-order valence-electron chi connectivity index (χ3n) is 4.98. The van der Waals surface area contributed by atoms with E-state index >= 15 is 0 Å². The molecule has 0 amide bonds. The standard InChI is InChI=1S/C18H25NO2/c20-18(16-8-2-1-3-9-16)21-14-13-19-12-6-10-15-7-4-5-11-17(15)19/h1-3,8-9,15,17H,4-7,10-14H2. The van der Waals surface area contributed by atoms with E-state index in [2.05, 4.69) is 4.90 Å². The first kappa shape index (κ1) is 14.6. The maximum atomic E-state index is 11.9. The first-order chi connectivity index (χ1) is 10.3. The number of benzene rings is 1. The van der Waals surface area contributed by atoms with Crippen LogP contribution in [-0.2, 0) is 4.74 Å². The molecule has 2 unspecified atom stereocenters. The van der Waals surface area contributed by atoms with Crippen LogP contribution in [0.4, 0.5) is 0 Å². The molecule has 0 aromatic heterocycles. The highest BCUT2D eigenvalue weighted by Gasteiger charge is 2.32. The van der Waals surface area contributed by atoms with Gasteiger partial charge in [0, 0.05) is 12.6 Å². The molecule has 1 saturated carbocycles. The summed E-state index contributed by atoms with van der Waals surface area (Å²) in [6.45, 7) is 2.57. The number of carbonyl (C=O) groups excluding carboxylic acids is 1. The van der Waals surface area contributed by atoms with Crippen molar-refractivity contribution in [1.82, 2.24) is 4.90 Å². The summed E-state index contributed by atoms with van der Waals surface area (Å²) in [6, 6.07) is 10.00. The SMILES string of the molecule is O=C(OCCN1CCCC2CCCCC21)c1ccccc1. The molecule has 21 heavy (non-hydrogen) atoms. The van der Waals surface area contributed by atoms with E-state index in [4.69, 9.17) is 4.74 Å². The van der Waals surface area contributed by atoms with Gasteiger partial charge in [0.2, 0.25) is 0 Å². The summed E-state index contributed by atoms with van der Waals surface area (Å²) in [7, 11) is 0. The van der Waals surface area contributed by atoms with Crippen LogP contribution < -0.4 is 0 Å². The molecule has 2 atom stereocenters. The Morgan fingerprint density at radius 2 is 1.86 bits per heavy atom. The number of ether oxygens (including phenoxy) is 1. The van der Waals surface area contributed by atoms with Crippen molar-refractivity contribution in [2.75, 3.05) is 19.7 Å². The quantitative estimate of drug-likeness (QED) is 0.794. The summed E-state index contributed by atoms with van der Waals surface area (Å²) in [6.07, 6.45) is 8.18. The number of esters is 1. The Bertz CT molecular complexity index is 458. The Kier molecular flexibility index (Phi) is 4.91. The molecule has 0 spiro atoms. The zero-order chi connectivity index (χ0) is 14.5. The second-order valence-corrected chi connectivity index (χ2v) is 6.29. The van der Waals surface area contributed by atoms with Crippen LogP contribution in [-0.4, -0.2) is 36.6 Å². The van der Waals surface area contributed by atoms with E-state index in [1.807, 2.05) is 18.2 Å². The second kappa shape index (κ2) is 7.08. The van der Waals surface area contributed by atoms with Gasteiger partial charge in [-0.1, -0.05) is 31.0 Å². The van der Waals surface area contributed by atoms with E-state index in [1.165, 1.54) is 45.1 Å². The third-order valence-corrected chi connectivity index (χ3v) is 4.98. The second-order valence-electron chi connectivity index (χ2n) is 6.29. The Morgan fingerprint density at radius 3 is 2.71 bits per heavy atom. The van der Waals surface area contributed by atoms with Gasteiger partial charge < -0.3 is 4.74 Å². The number of carbonyl (C=O) groups is 1. The zero-order valence-corrected chi connectivity index (χ0v) is 12.7. The van der Waals surface area contributed by atoms with Gasteiger partial charge in [-0.25, -0.2) is 4.79 Å². The maximum absolute atomic E-state index is 11.9. The summed E-state index contributed by atoms with van der Waals surface area (Å²) in [5, 5.41) is 0. The van der Waals surface area contributed by atoms with Crippen LogP contribution in [0.1, 0.15) is 48.9 Å². The summed E-state index contributed by atoms with van der Waals surface area (Å²) in [5.74, 6) is 0.685. The average molecular weight is 287 g/mol. The fourth-order valence-corrected chi connectivity index (χ4v) is 3.92. The molecule has 3 rings (SSSR count). The topological polar surface area (TPSA) is 29.5 Å². The van der Waals surface area contributed by atoms with Gasteiger partial charge in [-0.3, -0.25) is 4.90 Å². The van der Waals surface area contributed by atoms with Gasteiger partial charge >= 0.3 is 5.97 Å². The van der Waals surface area contributed by atoms with E-state index < -0.39 is 0 Å². The Hall–Kier alpha value is -1.35. The summed E-state index contributed by atoms with van der Waals surface area (Å²) in [5.41, 5.74) is 0.645. The van der Waals surface area contributed by atoms with Crippen molar-refractivity contribution in [3.63, 3.8) is 0 Å². The molecule has 2 fully saturated rings. The van der Waals surface area contributed by atoms with E-state index in [9.17, 15) is 4.79 Å². The first-order valence-electron chi connectivity index (χ1n) is 8.31. The fourth-order valence-electron chi connectivity index (χ4n) is 3.92. The maximum Gasteiger partial charge on any atom is 0.338 e. The Balaban J connectivity index is 1.47. The van der Waals surface area contributed by atoms with Gasteiger partial charge in [-0.15, -0.1) is 0 Å². The summed E-state index contributed by atoms with van der Waals surface area (Å²) < 4.78 is 5.43. The molecule has 1 heterocycles. The highest BCUT2D eigenvalue weighted by atomic mass is 16.5.